The second-order valence-corrected chi connectivity index (χ2v) is 5.50. The van der Waals surface area contributed by atoms with E-state index in [4.69, 9.17) is 10.5 Å². The number of rotatable bonds is 6. The third-order valence-corrected chi connectivity index (χ3v) is 4.15. The lowest BCUT2D eigenvalue weighted by atomic mass is 9.85. The van der Waals surface area contributed by atoms with Gasteiger partial charge >= 0.3 is 0 Å². The maximum Gasteiger partial charge on any atom is 0.0590 e. The molecule has 0 aromatic carbocycles. The smallest absolute Gasteiger partial charge is 0.0590 e. The van der Waals surface area contributed by atoms with Gasteiger partial charge in [-0.05, 0) is 38.1 Å². The zero-order valence-corrected chi connectivity index (χ0v) is 10.5. The molecule has 0 aromatic heterocycles. The minimum absolute atomic E-state index is 0.161. The van der Waals surface area contributed by atoms with Crippen molar-refractivity contribution in [2.45, 2.75) is 57.1 Å². The van der Waals surface area contributed by atoms with Crippen molar-refractivity contribution in [3.63, 3.8) is 0 Å². The average molecular weight is 226 g/mol. The largest absolute Gasteiger partial charge is 0.378 e. The van der Waals surface area contributed by atoms with Crippen molar-refractivity contribution in [3.8, 4) is 0 Å². The van der Waals surface area contributed by atoms with Crippen LogP contribution in [-0.2, 0) is 4.74 Å². The van der Waals surface area contributed by atoms with Crippen LogP contribution in [0, 0.1) is 5.92 Å². The van der Waals surface area contributed by atoms with Gasteiger partial charge in [0.2, 0.25) is 0 Å². The molecule has 94 valence electrons. The molecular formula is C13H26N2O. The van der Waals surface area contributed by atoms with Crippen molar-refractivity contribution < 1.29 is 4.74 Å². The van der Waals surface area contributed by atoms with Gasteiger partial charge in [0, 0.05) is 18.7 Å². The van der Waals surface area contributed by atoms with Crippen LogP contribution >= 0.6 is 0 Å². The van der Waals surface area contributed by atoms with E-state index in [1.165, 1.54) is 19.3 Å². The zero-order valence-electron chi connectivity index (χ0n) is 10.5. The summed E-state index contributed by atoms with van der Waals surface area (Å²) >= 11 is 0. The van der Waals surface area contributed by atoms with E-state index >= 15 is 0 Å². The first-order valence-electron chi connectivity index (χ1n) is 6.85. The molecule has 1 aliphatic carbocycles. The quantitative estimate of drug-likeness (QED) is 0.724. The Balaban J connectivity index is 1.78. The zero-order chi connectivity index (χ0) is 11.4. The Labute approximate surface area is 99.1 Å². The minimum Gasteiger partial charge on any atom is -0.378 e. The van der Waals surface area contributed by atoms with E-state index in [9.17, 15) is 0 Å². The lowest BCUT2D eigenvalue weighted by molar-refractivity contribution is -0.0279. The van der Waals surface area contributed by atoms with Crippen LogP contribution in [-0.4, -0.2) is 31.3 Å². The van der Waals surface area contributed by atoms with Gasteiger partial charge in [0.1, 0.15) is 0 Å². The Morgan fingerprint density at radius 3 is 2.88 bits per heavy atom. The fourth-order valence-corrected chi connectivity index (χ4v) is 2.65. The molecule has 0 spiro atoms. The predicted molar refractivity (Wildman–Crippen MR) is 66.4 cm³/mol. The Bertz CT molecular complexity index is 218. The fraction of sp³-hybridized carbons (Fsp3) is 1.00. The number of hydrogen-bond acceptors (Lipinski definition) is 3. The molecule has 0 amide bonds. The Kier molecular flexibility index (Phi) is 4.22. The number of nitrogens with two attached hydrogens (primary N) is 1. The first kappa shape index (κ1) is 12.3. The van der Waals surface area contributed by atoms with Crippen molar-refractivity contribution in [1.29, 1.82) is 0 Å². The maximum atomic E-state index is 5.97. The van der Waals surface area contributed by atoms with Crippen molar-refractivity contribution in [2.75, 3.05) is 19.7 Å². The van der Waals surface area contributed by atoms with Crippen LogP contribution < -0.4 is 11.1 Å². The summed E-state index contributed by atoms with van der Waals surface area (Å²) in [5, 5.41) is 3.72. The molecule has 1 saturated carbocycles. The Morgan fingerprint density at radius 1 is 1.44 bits per heavy atom. The standard InChI is InChI=1S/C13H26N2O/c1-2-12-9-13(10-14,6-8-16-12)15-7-5-11-3-4-11/h11-12,15H,2-10,14H2,1H3. The van der Waals surface area contributed by atoms with E-state index in [0.29, 0.717) is 6.10 Å². The summed E-state index contributed by atoms with van der Waals surface area (Å²) in [7, 11) is 0. The molecule has 2 atom stereocenters. The van der Waals surface area contributed by atoms with Crippen LogP contribution in [0.15, 0.2) is 0 Å². The monoisotopic (exact) mass is 226 g/mol. The van der Waals surface area contributed by atoms with Gasteiger partial charge < -0.3 is 15.8 Å². The van der Waals surface area contributed by atoms with Gasteiger partial charge in [0.25, 0.3) is 0 Å². The summed E-state index contributed by atoms with van der Waals surface area (Å²) in [6.07, 6.45) is 7.89. The lowest BCUT2D eigenvalue weighted by Gasteiger charge is -2.41. The van der Waals surface area contributed by atoms with E-state index in [1.54, 1.807) is 0 Å². The first-order valence-corrected chi connectivity index (χ1v) is 6.85. The van der Waals surface area contributed by atoms with Crippen molar-refractivity contribution in [1.82, 2.24) is 5.32 Å². The average Bonchev–Trinajstić information content (AvgIpc) is 3.13. The molecule has 3 heteroatoms. The maximum absolute atomic E-state index is 5.97. The van der Waals surface area contributed by atoms with Gasteiger partial charge in [0.15, 0.2) is 0 Å². The number of ether oxygens (including phenoxy) is 1. The molecular weight excluding hydrogens is 200 g/mol. The highest BCUT2D eigenvalue weighted by molar-refractivity contribution is 4.94. The molecule has 1 saturated heterocycles. The van der Waals surface area contributed by atoms with Crippen LogP contribution in [0.3, 0.4) is 0 Å². The third-order valence-electron chi connectivity index (χ3n) is 4.15. The molecule has 2 fully saturated rings. The van der Waals surface area contributed by atoms with Gasteiger partial charge in [-0.25, -0.2) is 0 Å². The topological polar surface area (TPSA) is 47.3 Å². The highest BCUT2D eigenvalue weighted by atomic mass is 16.5. The van der Waals surface area contributed by atoms with Crippen LogP contribution in [0.2, 0.25) is 0 Å². The number of hydrogen-bond donors (Lipinski definition) is 2. The second kappa shape index (κ2) is 5.48. The molecule has 2 aliphatic rings. The Morgan fingerprint density at radius 2 is 2.25 bits per heavy atom. The highest BCUT2D eigenvalue weighted by Crippen LogP contribution is 2.32. The van der Waals surface area contributed by atoms with E-state index in [-0.39, 0.29) is 5.54 Å². The second-order valence-electron chi connectivity index (χ2n) is 5.50. The number of nitrogens with one attached hydrogen (secondary N) is 1. The molecule has 0 radical (unpaired) electrons. The summed E-state index contributed by atoms with van der Waals surface area (Å²) < 4.78 is 5.73. The molecule has 3 N–H and O–H groups in total. The summed E-state index contributed by atoms with van der Waals surface area (Å²) in [5.41, 5.74) is 6.13. The predicted octanol–water partition coefficient (Wildman–Crippen LogP) is 1.66. The van der Waals surface area contributed by atoms with Gasteiger partial charge in [-0.2, -0.15) is 0 Å². The molecule has 16 heavy (non-hydrogen) atoms. The van der Waals surface area contributed by atoms with Crippen LogP contribution in [0.25, 0.3) is 0 Å². The molecule has 2 unspecified atom stereocenters. The van der Waals surface area contributed by atoms with Crippen LogP contribution in [0.1, 0.15) is 45.4 Å². The summed E-state index contributed by atoms with van der Waals surface area (Å²) in [4.78, 5) is 0. The van der Waals surface area contributed by atoms with Crippen LogP contribution in [0.4, 0.5) is 0 Å². The van der Waals surface area contributed by atoms with E-state index in [2.05, 4.69) is 12.2 Å². The summed E-state index contributed by atoms with van der Waals surface area (Å²) in [6, 6.07) is 0. The third kappa shape index (κ3) is 3.19. The molecule has 1 heterocycles. The summed E-state index contributed by atoms with van der Waals surface area (Å²) in [6.45, 7) is 4.95. The molecule has 2 rings (SSSR count). The van der Waals surface area contributed by atoms with Crippen LogP contribution in [0.5, 0.6) is 0 Å². The lowest BCUT2D eigenvalue weighted by Crippen LogP contribution is -2.56. The van der Waals surface area contributed by atoms with E-state index < -0.39 is 0 Å². The van der Waals surface area contributed by atoms with Gasteiger partial charge in [-0.1, -0.05) is 19.8 Å². The van der Waals surface area contributed by atoms with E-state index in [0.717, 1.165) is 44.9 Å². The van der Waals surface area contributed by atoms with Gasteiger partial charge in [-0.3, -0.25) is 0 Å². The van der Waals surface area contributed by atoms with E-state index in [1.807, 2.05) is 0 Å². The normalized spacial score (nSPS) is 35.2. The molecule has 3 nitrogen and oxygen atoms in total. The fourth-order valence-electron chi connectivity index (χ4n) is 2.65. The Hall–Kier alpha value is -0.120. The molecule has 0 aromatic rings. The van der Waals surface area contributed by atoms with Gasteiger partial charge in [-0.15, -0.1) is 0 Å². The van der Waals surface area contributed by atoms with Gasteiger partial charge in [0.05, 0.1) is 6.10 Å². The van der Waals surface area contributed by atoms with Crippen molar-refractivity contribution in [2.24, 2.45) is 11.7 Å². The molecule has 0 bridgehead atoms. The van der Waals surface area contributed by atoms with Crippen molar-refractivity contribution >= 4 is 0 Å². The molecule has 1 aliphatic heterocycles. The minimum atomic E-state index is 0.161. The van der Waals surface area contributed by atoms with Crippen molar-refractivity contribution in [3.05, 3.63) is 0 Å². The first-order chi connectivity index (χ1) is 7.78. The SMILES string of the molecule is CCC1CC(CN)(NCCC2CC2)CCO1. The highest BCUT2D eigenvalue weighted by Gasteiger charge is 2.35. The summed E-state index contributed by atoms with van der Waals surface area (Å²) in [5.74, 6) is 1.00.